The number of benzene rings is 1. The Labute approximate surface area is 113 Å². The molecule has 0 N–H and O–H groups in total. The van der Waals surface area contributed by atoms with E-state index in [0.29, 0.717) is 11.3 Å². The molecular weight excluding hydrogens is 240 g/mol. The summed E-state index contributed by atoms with van der Waals surface area (Å²) in [5.74, 6) is 0.725. The van der Waals surface area contributed by atoms with Crippen LogP contribution in [-0.4, -0.2) is 23.2 Å². The van der Waals surface area contributed by atoms with E-state index in [-0.39, 0.29) is 6.04 Å². The average Bonchev–Trinajstić information content (AvgIpc) is 2.82. The summed E-state index contributed by atoms with van der Waals surface area (Å²) in [7, 11) is 1.62. The van der Waals surface area contributed by atoms with E-state index in [1.807, 2.05) is 39.0 Å². The molecule has 4 nitrogen and oxygen atoms in total. The number of aldehydes is 1. The summed E-state index contributed by atoms with van der Waals surface area (Å²) in [5.41, 5.74) is 3.21. The first-order valence-corrected chi connectivity index (χ1v) is 6.26. The molecule has 0 atom stereocenters. The first kappa shape index (κ1) is 13.3. The van der Waals surface area contributed by atoms with Gasteiger partial charge in [-0.05, 0) is 32.9 Å². The second-order valence-electron chi connectivity index (χ2n) is 4.83. The summed E-state index contributed by atoms with van der Waals surface area (Å²) in [6.07, 6.45) is 2.61. The lowest BCUT2D eigenvalue weighted by Gasteiger charge is -2.08. The van der Waals surface area contributed by atoms with E-state index in [4.69, 9.17) is 4.74 Å². The molecule has 19 heavy (non-hydrogen) atoms. The minimum atomic E-state index is 0.211. The summed E-state index contributed by atoms with van der Waals surface area (Å²) >= 11 is 0. The molecule has 0 bridgehead atoms. The Balaban J connectivity index is 2.63. The van der Waals surface area contributed by atoms with Crippen LogP contribution in [0.25, 0.3) is 11.3 Å². The minimum absolute atomic E-state index is 0.211. The number of rotatable bonds is 4. The van der Waals surface area contributed by atoms with Crippen molar-refractivity contribution in [1.29, 1.82) is 0 Å². The molecule has 0 aliphatic carbocycles. The SMILES string of the molecule is COc1ccc(C)cc1-c1nn(C(C)C)cc1C=O. The van der Waals surface area contributed by atoms with Crippen LogP contribution in [0.5, 0.6) is 5.75 Å². The van der Waals surface area contributed by atoms with Gasteiger partial charge in [-0.1, -0.05) is 11.6 Å². The van der Waals surface area contributed by atoms with Crippen LogP contribution < -0.4 is 4.74 Å². The maximum absolute atomic E-state index is 11.2. The number of nitrogens with zero attached hydrogens (tertiary/aromatic N) is 2. The highest BCUT2D eigenvalue weighted by atomic mass is 16.5. The highest BCUT2D eigenvalue weighted by Gasteiger charge is 2.16. The third kappa shape index (κ3) is 2.52. The molecule has 0 saturated carbocycles. The zero-order chi connectivity index (χ0) is 14.0. The molecule has 2 rings (SSSR count). The normalized spacial score (nSPS) is 10.8. The number of carbonyl (C=O) groups excluding carboxylic acids is 1. The standard InChI is InChI=1S/C15H18N2O2/c1-10(2)17-8-12(9-18)15(16-17)13-7-11(3)5-6-14(13)19-4/h5-10H,1-4H3. The van der Waals surface area contributed by atoms with Gasteiger partial charge in [0.25, 0.3) is 0 Å². The fourth-order valence-electron chi connectivity index (χ4n) is 1.97. The number of hydrogen-bond donors (Lipinski definition) is 0. The fraction of sp³-hybridized carbons (Fsp3) is 0.333. The Bertz CT molecular complexity index is 600. The topological polar surface area (TPSA) is 44.1 Å². The van der Waals surface area contributed by atoms with Gasteiger partial charge in [0, 0.05) is 17.8 Å². The molecule has 0 spiro atoms. The Morgan fingerprint density at radius 3 is 2.68 bits per heavy atom. The zero-order valence-corrected chi connectivity index (χ0v) is 11.7. The van der Waals surface area contributed by atoms with Gasteiger partial charge in [0.1, 0.15) is 11.4 Å². The van der Waals surface area contributed by atoms with Gasteiger partial charge >= 0.3 is 0 Å². The molecule has 0 fully saturated rings. The molecule has 4 heteroatoms. The molecule has 0 aliphatic rings. The lowest BCUT2D eigenvalue weighted by atomic mass is 10.1. The zero-order valence-electron chi connectivity index (χ0n) is 11.7. The first-order valence-electron chi connectivity index (χ1n) is 6.26. The second-order valence-corrected chi connectivity index (χ2v) is 4.83. The van der Waals surface area contributed by atoms with Gasteiger partial charge in [-0.3, -0.25) is 9.48 Å². The van der Waals surface area contributed by atoms with E-state index in [2.05, 4.69) is 5.10 Å². The van der Waals surface area contributed by atoms with Crippen molar-refractivity contribution < 1.29 is 9.53 Å². The Morgan fingerprint density at radius 1 is 1.37 bits per heavy atom. The highest BCUT2D eigenvalue weighted by Crippen LogP contribution is 2.32. The molecule has 0 unspecified atom stereocenters. The Hall–Kier alpha value is -2.10. The van der Waals surface area contributed by atoms with E-state index in [1.165, 1.54) is 0 Å². The van der Waals surface area contributed by atoms with Crippen molar-refractivity contribution in [2.75, 3.05) is 7.11 Å². The van der Waals surface area contributed by atoms with Gasteiger partial charge < -0.3 is 4.74 Å². The quantitative estimate of drug-likeness (QED) is 0.791. The molecular formula is C15H18N2O2. The molecule has 100 valence electrons. The predicted molar refractivity (Wildman–Crippen MR) is 74.7 cm³/mol. The molecule has 0 saturated heterocycles. The van der Waals surface area contributed by atoms with Crippen LogP contribution in [0.3, 0.4) is 0 Å². The lowest BCUT2D eigenvalue weighted by molar-refractivity contribution is 0.112. The summed E-state index contributed by atoms with van der Waals surface area (Å²) in [6, 6.07) is 6.07. The van der Waals surface area contributed by atoms with Crippen LogP contribution in [0.2, 0.25) is 0 Å². The molecule has 2 aromatic rings. The van der Waals surface area contributed by atoms with Crippen LogP contribution in [0.15, 0.2) is 24.4 Å². The molecule has 1 aromatic carbocycles. The molecule has 0 amide bonds. The summed E-state index contributed by atoms with van der Waals surface area (Å²) < 4.78 is 7.15. The van der Waals surface area contributed by atoms with E-state index in [9.17, 15) is 4.79 Å². The van der Waals surface area contributed by atoms with Gasteiger partial charge in [0.05, 0.1) is 12.7 Å². The van der Waals surface area contributed by atoms with Crippen molar-refractivity contribution in [1.82, 2.24) is 9.78 Å². The summed E-state index contributed by atoms with van der Waals surface area (Å²) in [6.45, 7) is 6.06. The number of methoxy groups -OCH3 is 1. The van der Waals surface area contributed by atoms with Crippen molar-refractivity contribution in [3.63, 3.8) is 0 Å². The third-order valence-electron chi connectivity index (χ3n) is 3.03. The molecule has 1 heterocycles. The van der Waals surface area contributed by atoms with Crippen molar-refractivity contribution in [3.8, 4) is 17.0 Å². The fourth-order valence-corrected chi connectivity index (χ4v) is 1.97. The van der Waals surface area contributed by atoms with Gasteiger partial charge in [-0.2, -0.15) is 5.10 Å². The smallest absolute Gasteiger partial charge is 0.153 e. The third-order valence-corrected chi connectivity index (χ3v) is 3.03. The van der Waals surface area contributed by atoms with E-state index in [0.717, 1.165) is 23.2 Å². The van der Waals surface area contributed by atoms with E-state index >= 15 is 0 Å². The highest BCUT2D eigenvalue weighted by molar-refractivity contribution is 5.87. The maximum Gasteiger partial charge on any atom is 0.153 e. The van der Waals surface area contributed by atoms with E-state index in [1.54, 1.807) is 18.0 Å². The number of hydrogen-bond acceptors (Lipinski definition) is 3. The molecule has 0 radical (unpaired) electrons. The van der Waals surface area contributed by atoms with Gasteiger partial charge in [-0.25, -0.2) is 0 Å². The van der Waals surface area contributed by atoms with Crippen LogP contribution in [0.1, 0.15) is 35.8 Å². The van der Waals surface area contributed by atoms with Crippen molar-refractivity contribution >= 4 is 6.29 Å². The number of aromatic nitrogens is 2. The monoisotopic (exact) mass is 258 g/mol. The summed E-state index contributed by atoms with van der Waals surface area (Å²) in [4.78, 5) is 11.2. The van der Waals surface area contributed by atoms with Crippen LogP contribution in [-0.2, 0) is 0 Å². The molecule has 0 aliphatic heterocycles. The predicted octanol–water partition coefficient (Wildman–Crippen LogP) is 3.26. The number of ether oxygens (including phenoxy) is 1. The average molecular weight is 258 g/mol. The second kappa shape index (κ2) is 5.26. The maximum atomic E-state index is 11.2. The van der Waals surface area contributed by atoms with Gasteiger partial charge in [-0.15, -0.1) is 0 Å². The van der Waals surface area contributed by atoms with Crippen molar-refractivity contribution in [2.24, 2.45) is 0 Å². The number of carbonyl (C=O) groups is 1. The van der Waals surface area contributed by atoms with Crippen molar-refractivity contribution in [2.45, 2.75) is 26.8 Å². The minimum Gasteiger partial charge on any atom is -0.496 e. The van der Waals surface area contributed by atoms with Crippen LogP contribution in [0, 0.1) is 6.92 Å². The van der Waals surface area contributed by atoms with Crippen LogP contribution in [0.4, 0.5) is 0 Å². The van der Waals surface area contributed by atoms with E-state index < -0.39 is 0 Å². The lowest BCUT2D eigenvalue weighted by Crippen LogP contribution is -2.01. The van der Waals surface area contributed by atoms with Gasteiger partial charge in [0.2, 0.25) is 0 Å². The Kier molecular flexibility index (Phi) is 3.69. The van der Waals surface area contributed by atoms with Crippen LogP contribution >= 0.6 is 0 Å². The molecule has 1 aromatic heterocycles. The first-order chi connectivity index (χ1) is 9.06. The van der Waals surface area contributed by atoms with Gasteiger partial charge in [0.15, 0.2) is 6.29 Å². The Morgan fingerprint density at radius 2 is 2.11 bits per heavy atom. The largest absolute Gasteiger partial charge is 0.496 e. The van der Waals surface area contributed by atoms with Crippen molar-refractivity contribution in [3.05, 3.63) is 35.5 Å². The summed E-state index contributed by atoms with van der Waals surface area (Å²) in [5, 5.41) is 4.51. The number of aryl methyl sites for hydroxylation is 1.